The highest BCUT2D eigenvalue weighted by molar-refractivity contribution is 6.30. The van der Waals surface area contributed by atoms with E-state index in [1.165, 1.54) is 11.1 Å². The standard InChI is InChI=1S/C16H18ClNO/c1-12(15-5-7-16(17)8-6-15)18-10-13-3-2-4-14(9-13)11-19/h2-9,12,18-19H,10-11H2,1H3. The van der Waals surface area contributed by atoms with Crippen molar-refractivity contribution in [3.63, 3.8) is 0 Å². The van der Waals surface area contributed by atoms with E-state index in [9.17, 15) is 0 Å². The van der Waals surface area contributed by atoms with E-state index in [0.717, 1.165) is 17.1 Å². The Morgan fingerprint density at radius 3 is 2.47 bits per heavy atom. The topological polar surface area (TPSA) is 32.3 Å². The van der Waals surface area contributed by atoms with Crippen molar-refractivity contribution in [2.75, 3.05) is 0 Å². The summed E-state index contributed by atoms with van der Waals surface area (Å²) in [4.78, 5) is 0. The van der Waals surface area contributed by atoms with Gasteiger partial charge >= 0.3 is 0 Å². The van der Waals surface area contributed by atoms with Crippen molar-refractivity contribution >= 4 is 11.6 Å². The molecule has 0 amide bonds. The van der Waals surface area contributed by atoms with Gasteiger partial charge in [0.2, 0.25) is 0 Å². The van der Waals surface area contributed by atoms with Crippen molar-refractivity contribution in [2.45, 2.75) is 26.1 Å². The van der Waals surface area contributed by atoms with E-state index in [0.29, 0.717) is 0 Å². The lowest BCUT2D eigenvalue weighted by atomic mass is 10.1. The summed E-state index contributed by atoms with van der Waals surface area (Å²) < 4.78 is 0. The predicted molar refractivity (Wildman–Crippen MR) is 79.1 cm³/mol. The highest BCUT2D eigenvalue weighted by Gasteiger charge is 2.04. The summed E-state index contributed by atoms with van der Waals surface area (Å²) in [6.45, 7) is 2.98. The van der Waals surface area contributed by atoms with Crippen LogP contribution in [0.5, 0.6) is 0 Å². The van der Waals surface area contributed by atoms with E-state index < -0.39 is 0 Å². The monoisotopic (exact) mass is 275 g/mol. The molecule has 0 radical (unpaired) electrons. The number of benzene rings is 2. The Kier molecular flexibility index (Phi) is 4.97. The Bertz CT molecular complexity index is 525. The molecule has 0 aliphatic rings. The first-order valence-corrected chi connectivity index (χ1v) is 6.74. The van der Waals surface area contributed by atoms with Crippen LogP contribution in [0.3, 0.4) is 0 Å². The average Bonchev–Trinajstić information content (AvgIpc) is 2.46. The zero-order valence-electron chi connectivity index (χ0n) is 10.9. The zero-order chi connectivity index (χ0) is 13.7. The first-order valence-electron chi connectivity index (χ1n) is 6.36. The lowest BCUT2D eigenvalue weighted by Crippen LogP contribution is -2.18. The third-order valence-corrected chi connectivity index (χ3v) is 3.41. The van der Waals surface area contributed by atoms with Crippen molar-refractivity contribution in [2.24, 2.45) is 0 Å². The van der Waals surface area contributed by atoms with Gasteiger partial charge in [-0.1, -0.05) is 48.0 Å². The van der Waals surface area contributed by atoms with E-state index in [1.54, 1.807) is 0 Å². The second kappa shape index (κ2) is 6.71. The third kappa shape index (κ3) is 4.06. The van der Waals surface area contributed by atoms with Gasteiger partial charge in [-0.2, -0.15) is 0 Å². The van der Waals surface area contributed by atoms with Gasteiger partial charge in [-0.3, -0.25) is 0 Å². The first-order chi connectivity index (χ1) is 9.19. The van der Waals surface area contributed by atoms with Gasteiger partial charge in [-0.15, -0.1) is 0 Å². The molecule has 2 N–H and O–H groups in total. The van der Waals surface area contributed by atoms with Crippen molar-refractivity contribution in [1.82, 2.24) is 5.32 Å². The van der Waals surface area contributed by atoms with Crippen LogP contribution in [0.25, 0.3) is 0 Å². The minimum absolute atomic E-state index is 0.0839. The van der Waals surface area contributed by atoms with Gasteiger partial charge in [0.25, 0.3) is 0 Å². The molecule has 0 heterocycles. The van der Waals surface area contributed by atoms with Crippen LogP contribution >= 0.6 is 11.6 Å². The lowest BCUT2D eigenvalue weighted by molar-refractivity contribution is 0.281. The SMILES string of the molecule is CC(NCc1cccc(CO)c1)c1ccc(Cl)cc1. The van der Waals surface area contributed by atoms with E-state index in [-0.39, 0.29) is 12.6 Å². The first kappa shape index (κ1) is 14.1. The fourth-order valence-corrected chi connectivity index (χ4v) is 2.10. The fourth-order valence-electron chi connectivity index (χ4n) is 1.98. The number of aliphatic hydroxyl groups excluding tert-OH is 1. The molecule has 0 saturated heterocycles. The quantitative estimate of drug-likeness (QED) is 0.872. The van der Waals surface area contributed by atoms with Gasteiger partial charge in [-0.25, -0.2) is 0 Å². The summed E-state index contributed by atoms with van der Waals surface area (Å²) in [5.41, 5.74) is 3.33. The molecule has 2 aromatic carbocycles. The Morgan fingerprint density at radius 2 is 1.79 bits per heavy atom. The second-order valence-corrected chi connectivity index (χ2v) is 5.07. The molecule has 1 atom stereocenters. The van der Waals surface area contributed by atoms with E-state index >= 15 is 0 Å². The third-order valence-electron chi connectivity index (χ3n) is 3.16. The number of nitrogens with one attached hydrogen (secondary N) is 1. The smallest absolute Gasteiger partial charge is 0.0681 e. The van der Waals surface area contributed by atoms with E-state index in [2.05, 4.69) is 18.3 Å². The van der Waals surface area contributed by atoms with Gasteiger partial charge in [0.15, 0.2) is 0 Å². The van der Waals surface area contributed by atoms with Crippen LogP contribution in [-0.4, -0.2) is 5.11 Å². The summed E-state index contributed by atoms with van der Waals surface area (Å²) in [5, 5.41) is 13.3. The van der Waals surface area contributed by atoms with Crippen LogP contribution in [-0.2, 0) is 13.2 Å². The minimum Gasteiger partial charge on any atom is -0.392 e. The van der Waals surface area contributed by atoms with Crippen LogP contribution in [0.15, 0.2) is 48.5 Å². The molecule has 0 aliphatic heterocycles. The Balaban J connectivity index is 1.96. The molecule has 0 bridgehead atoms. The van der Waals surface area contributed by atoms with Crippen molar-refractivity contribution < 1.29 is 5.11 Å². The highest BCUT2D eigenvalue weighted by Crippen LogP contribution is 2.16. The maximum atomic E-state index is 9.11. The summed E-state index contributed by atoms with van der Waals surface area (Å²) >= 11 is 5.88. The molecule has 2 aromatic rings. The Hall–Kier alpha value is -1.35. The normalized spacial score (nSPS) is 12.4. The molecule has 0 aliphatic carbocycles. The van der Waals surface area contributed by atoms with Crippen molar-refractivity contribution in [3.05, 3.63) is 70.2 Å². The van der Waals surface area contributed by atoms with Crippen LogP contribution in [0.2, 0.25) is 5.02 Å². The maximum absolute atomic E-state index is 9.11. The van der Waals surface area contributed by atoms with Gasteiger partial charge in [0.05, 0.1) is 6.61 Å². The summed E-state index contributed by atoms with van der Waals surface area (Å²) in [5.74, 6) is 0. The fraction of sp³-hybridized carbons (Fsp3) is 0.250. The van der Waals surface area contributed by atoms with Crippen LogP contribution in [0.1, 0.15) is 29.7 Å². The van der Waals surface area contributed by atoms with Gasteiger partial charge < -0.3 is 10.4 Å². The van der Waals surface area contributed by atoms with Crippen LogP contribution in [0.4, 0.5) is 0 Å². The predicted octanol–water partition coefficient (Wildman–Crippen LogP) is 3.68. The zero-order valence-corrected chi connectivity index (χ0v) is 11.7. The van der Waals surface area contributed by atoms with E-state index in [4.69, 9.17) is 16.7 Å². The van der Waals surface area contributed by atoms with Gasteiger partial charge in [-0.05, 0) is 35.7 Å². The number of aliphatic hydroxyl groups is 1. The molecule has 0 spiro atoms. The Morgan fingerprint density at radius 1 is 1.11 bits per heavy atom. The number of hydrogen-bond donors (Lipinski definition) is 2. The van der Waals surface area contributed by atoms with Crippen molar-refractivity contribution in [3.8, 4) is 0 Å². The van der Waals surface area contributed by atoms with E-state index in [1.807, 2.05) is 42.5 Å². The average molecular weight is 276 g/mol. The molecule has 0 fully saturated rings. The maximum Gasteiger partial charge on any atom is 0.0681 e. The molecule has 0 saturated carbocycles. The highest BCUT2D eigenvalue weighted by atomic mass is 35.5. The lowest BCUT2D eigenvalue weighted by Gasteiger charge is -2.14. The number of rotatable bonds is 5. The molecule has 100 valence electrons. The number of hydrogen-bond acceptors (Lipinski definition) is 2. The molecule has 0 aromatic heterocycles. The van der Waals surface area contributed by atoms with Crippen LogP contribution in [0, 0.1) is 0 Å². The molecular formula is C16H18ClNO. The van der Waals surface area contributed by atoms with Crippen molar-refractivity contribution in [1.29, 1.82) is 0 Å². The molecule has 19 heavy (non-hydrogen) atoms. The summed E-state index contributed by atoms with van der Waals surface area (Å²) in [6.07, 6.45) is 0. The summed E-state index contributed by atoms with van der Waals surface area (Å²) in [6, 6.07) is 16.1. The minimum atomic E-state index is 0.0839. The molecule has 2 nitrogen and oxygen atoms in total. The van der Waals surface area contributed by atoms with Gasteiger partial charge in [0.1, 0.15) is 0 Å². The van der Waals surface area contributed by atoms with Crippen LogP contribution < -0.4 is 5.32 Å². The van der Waals surface area contributed by atoms with Gasteiger partial charge in [0, 0.05) is 17.6 Å². The summed E-state index contributed by atoms with van der Waals surface area (Å²) in [7, 11) is 0. The second-order valence-electron chi connectivity index (χ2n) is 4.63. The molecule has 3 heteroatoms. The number of halogens is 1. The Labute approximate surface area is 119 Å². The largest absolute Gasteiger partial charge is 0.392 e. The molecule has 2 rings (SSSR count). The molecular weight excluding hydrogens is 258 g/mol. The molecule has 1 unspecified atom stereocenters.